The van der Waals surface area contributed by atoms with Gasteiger partial charge in [0.15, 0.2) is 0 Å². The minimum atomic E-state index is 0.478. The summed E-state index contributed by atoms with van der Waals surface area (Å²) in [5.74, 6) is 0.825. The van der Waals surface area contributed by atoms with Crippen molar-refractivity contribution in [2.75, 3.05) is 19.7 Å². The first-order valence-electron chi connectivity index (χ1n) is 7.36. The van der Waals surface area contributed by atoms with Crippen molar-refractivity contribution in [1.82, 2.24) is 5.32 Å². The Morgan fingerprint density at radius 1 is 1.24 bits per heavy atom. The van der Waals surface area contributed by atoms with E-state index in [0.29, 0.717) is 11.5 Å². The van der Waals surface area contributed by atoms with Gasteiger partial charge in [-0.2, -0.15) is 0 Å². The SMILES string of the molecule is CCNCCCCOC1CC(C)CC(C)(C)C1. The van der Waals surface area contributed by atoms with Crippen LogP contribution in [0, 0.1) is 11.3 Å². The van der Waals surface area contributed by atoms with Gasteiger partial charge in [-0.25, -0.2) is 0 Å². The highest BCUT2D eigenvalue weighted by atomic mass is 16.5. The minimum Gasteiger partial charge on any atom is -0.378 e. The molecule has 1 rings (SSSR count). The molecule has 17 heavy (non-hydrogen) atoms. The van der Waals surface area contributed by atoms with Gasteiger partial charge in [-0.1, -0.05) is 27.7 Å². The zero-order valence-corrected chi connectivity index (χ0v) is 12.2. The molecule has 0 amide bonds. The Labute approximate surface area is 108 Å². The summed E-state index contributed by atoms with van der Waals surface area (Å²) in [5.41, 5.74) is 0.478. The number of hydrogen-bond acceptors (Lipinski definition) is 2. The molecular formula is C15H31NO. The fourth-order valence-electron chi connectivity index (χ4n) is 3.16. The largest absolute Gasteiger partial charge is 0.378 e. The Morgan fingerprint density at radius 3 is 2.65 bits per heavy atom. The van der Waals surface area contributed by atoms with Crippen LogP contribution in [0.4, 0.5) is 0 Å². The highest BCUT2D eigenvalue weighted by molar-refractivity contribution is 4.83. The van der Waals surface area contributed by atoms with E-state index in [9.17, 15) is 0 Å². The quantitative estimate of drug-likeness (QED) is 0.688. The average Bonchev–Trinajstić information content (AvgIpc) is 2.20. The molecular weight excluding hydrogens is 210 g/mol. The van der Waals surface area contributed by atoms with Crippen LogP contribution in [-0.4, -0.2) is 25.8 Å². The van der Waals surface area contributed by atoms with Crippen molar-refractivity contribution in [3.05, 3.63) is 0 Å². The van der Waals surface area contributed by atoms with E-state index >= 15 is 0 Å². The van der Waals surface area contributed by atoms with Crippen LogP contribution < -0.4 is 5.32 Å². The van der Waals surface area contributed by atoms with Crippen molar-refractivity contribution in [2.45, 2.75) is 65.9 Å². The maximum atomic E-state index is 6.04. The highest BCUT2D eigenvalue weighted by Crippen LogP contribution is 2.39. The van der Waals surface area contributed by atoms with Crippen LogP contribution in [0.2, 0.25) is 0 Å². The summed E-state index contributed by atoms with van der Waals surface area (Å²) < 4.78 is 6.04. The molecule has 0 aliphatic heterocycles. The first-order chi connectivity index (χ1) is 8.03. The van der Waals surface area contributed by atoms with Crippen LogP contribution in [0.3, 0.4) is 0 Å². The molecule has 0 aromatic rings. The highest BCUT2D eigenvalue weighted by Gasteiger charge is 2.32. The van der Waals surface area contributed by atoms with Crippen LogP contribution in [0.1, 0.15) is 59.8 Å². The molecule has 0 aromatic heterocycles. The molecule has 102 valence electrons. The first kappa shape index (κ1) is 15.0. The summed E-state index contributed by atoms with van der Waals surface area (Å²) in [6.45, 7) is 12.4. The zero-order valence-electron chi connectivity index (χ0n) is 12.2. The van der Waals surface area contributed by atoms with Gasteiger partial charge in [0.25, 0.3) is 0 Å². The molecule has 2 atom stereocenters. The Kier molecular flexibility index (Phi) is 6.50. The third-order valence-electron chi connectivity index (χ3n) is 3.70. The van der Waals surface area contributed by atoms with Gasteiger partial charge in [0.2, 0.25) is 0 Å². The lowest BCUT2D eigenvalue weighted by Gasteiger charge is -2.38. The molecule has 1 N–H and O–H groups in total. The molecule has 2 heteroatoms. The van der Waals surface area contributed by atoms with Gasteiger partial charge in [-0.3, -0.25) is 0 Å². The van der Waals surface area contributed by atoms with E-state index in [1.165, 1.54) is 32.1 Å². The number of rotatable bonds is 7. The third kappa shape index (κ3) is 6.42. The van der Waals surface area contributed by atoms with Gasteiger partial charge < -0.3 is 10.1 Å². The third-order valence-corrected chi connectivity index (χ3v) is 3.70. The Bertz CT molecular complexity index is 203. The fourth-order valence-corrected chi connectivity index (χ4v) is 3.16. The molecule has 0 radical (unpaired) electrons. The normalized spacial score (nSPS) is 28.2. The van der Waals surface area contributed by atoms with Crippen molar-refractivity contribution in [1.29, 1.82) is 0 Å². The first-order valence-corrected chi connectivity index (χ1v) is 7.36. The number of nitrogens with one attached hydrogen (secondary N) is 1. The van der Waals surface area contributed by atoms with Gasteiger partial charge >= 0.3 is 0 Å². The lowest BCUT2D eigenvalue weighted by atomic mass is 9.71. The van der Waals surface area contributed by atoms with Crippen LogP contribution in [0.15, 0.2) is 0 Å². The molecule has 0 aromatic carbocycles. The standard InChI is InChI=1S/C15H31NO/c1-5-16-8-6-7-9-17-14-10-13(2)11-15(3,4)12-14/h13-14,16H,5-12H2,1-4H3. The summed E-state index contributed by atoms with van der Waals surface area (Å²) in [4.78, 5) is 0. The van der Waals surface area contributed by atoms with Crippen LogP contribution in [0.5, 0.6) is 0 Å². The molecule has 1 aliphatic carbocycles. The molecule has 1 saturated carbocycles. The summed E-state index contributed by atoms with van der Waals surface area (Å²) in [5, 5.41) is 3.35. The molecule has 0 saturated heterocycles. The maximum absolute atomic E-state index is 6.04. The van der Waals surface area contributed by atoms with Crippen molar-refractivity contribution in [3.63, 3.8) is 0 Å². The van der Waals surface area contributed by atoms with Gasteiger partial charge in [0, 0.05) is 6.61 Å². The van der Waals surface area contributed by atoms with Gasteiger partial charge in [-0.05, 0) is 56.5 Å². The second kappa shape index (κ2) is 7.38. The average molecular weight is 241 g/mol. The van der Waals surface area contributed by atoms with Crippen molar-refractivity contribution >= 4 is 0 Å². The smallest absolute Gasteiger partial charge is 0.0582 e. The van der Waals surface area contributed by atoms with E-state index in [1.54, 1.807) is 0 Å². The molecule has 0 heterocycles. The molecule has 0 spiro atoms. The monoisotopic (exact) mass is 241 g/mol. The fraction of sp³-hybridized carbons (Fsp3) is 1.00. The number of hydrogen-bond donors (Lipinski definition) is 1. The predicted octanol–water partition coefficient (Wildman–Crippen LogP) is 3.61. The predicted molar refractivity (Wildman–Crippen MR) is 74.3 cm³/mol. The number of ether oxygens (including phenoxy) is 1. The van der Waals surface area contributed by atoms with Gasteiger partial charge in [-0.15, -0.1) is 0 Å². The lowest BCUT2D eigenvalue weighted by molar-refractivity contribution is -0.0239. The topological polar surface area (TPSA) is 21.3 Å². The lowest BCUT2D eigenvalue weighted by Crippen LogP contribution is -2.32. The van der Waals surface area contributed by atoms with E-state index in [4.69, 9.17) is 4.74 Å². The van der Waals surface area contributed by atoms with Crippen molar-refractivity contribution in [3.8, 4) is 0 Å². The second-order valence-corrected chi connectivity index (χ2v) is 6.47. The summed E-state index contributed by atoms with van der Waals surface area (Å²) in [6, 6.07) is 0. The van der Waals surface area contributed by atoms with Gasteiger partial charge in [0.05, 0.1) is 6.10 Å². The van der Waals surface area contributed by atoms with E-state index in [0.717, 1.165) is 25.6 Å². The van der Waals surface area contributed by atoms with E-state index in [1.807, 2.05) is 0 Å². The maximum Gasteiger partial charge on any atom is 0.0582 e. The molecule has 0 bridgehead atoms. The van der Waals surface area contributed by atoms with Crippen molar-refractivity contribution in [2.24, 2.45) is 11.3 Å². The Balaban J connectivity index is 2.10. The zero-order chi connectivity index (χ0) is 12.7. The van der Waals surface area contributed by atoms with Crippen LogP contribution in [-0.2, 0) is 4.74 Å². The van der Waals surface area contributed by atoms with Crippen molar-refractivity contribution < 1.29 is 4.74 Å². The second-order valence-electron chi connectivity index (χ2n) is 6.47. The summed E-state index contributed by atoms with van der Waals surface area (Å²) in [7, 11) is 0. The Morgan fingerprint density at radius 2 is 2.00 bits per heavy atom. The molecule has 1 aliphatic rings. The van der Waals surface area contributed by atoms with Crippen LogP contribution in [0.25, 0.3) is 0 Å². The molecule has 2 unspecified atom stereocenters. The summed E-state index contributed by atoms with van der Waals surface area (Å²) in [6.07, 6.45) is 6.79. The summed E-state index contributed by atoms with van der Waals surface area (Å²) >= 11 is 0. The van der Waals surface area contributed by atoms with E-state index < -0.39 is 0 Å². The minimum absolute atomic E-state index is 0.478. The number of unbranched alkanes of at least 4 members (excludes halogenated alkanes) is 1. The van der Waals surface area contributed by atoms with E-state index in [2.05, 4.69) is 33.0 Å². The Hall–Kier alpha value is -0.0800. The molecule has 2 nitrogen and oxygen atoms in total. The van der Waals surface area contributed by atoms with Gasteiger partial charge in [0.1, 0.15) is 0 Å². The van der Waals surface area contributed by atoms with E-state index in [-0.39, 0.29) is 0 Å². The molecule has 1 fully saturated rings. The van der Waals surface area contributed by atoms with Crippen LogP contribution >= 0.6 is 0 Å².